The van der Waals surface area contributed by atoms with Crippen LogP contribution < -0.4 is 0 Å². The molecule has 0 aliphatic rings. The number of carboxylic acid groups (broad SMARTS) is 3. The van der Waals surface area contributed by atoms with E-state index in [4.69, 9.17) is 4.74 Å². The summed E-state index contributed by atoms with van der Waals surface area (Å²) >= 11 is 0. The normalized spacial score (nSPS) is 11.7. The van der Waals surface area contributed by atoms with E-state index >= 15 is 0 Å². The zero-order chi connectivity index (χ0) is 28.3. The van der Waals surface area contributed by atoms with Crippen LogP contribution in [-0.2, 0) is 4.74 Å². The Bertz CT molecular complexity index is 892. The maximum Gasteiger partial charge on any atom is 0.339 e. The maximum absolute atomic E-state index is 12.9. The zero-order valence-electron chi connectivity index (χ0n) is 23.1. The second kappa shape index (κ2) is 19.2. The van der Waals surface area contributed by atoms with E-state index in [2.05, 4.69) is 13.8 Å². The first-order valence-corrected chi connectivity index (χ1v) is 14.3. The molecule has 38 heavy (non-hydrogen) atoms. The second-order valence-electron chi connectivity index (χ2n) is 10.1. The number of benzene rings is 1. The lowest BCUT2D eigenvalue weighted by Crippen LogP contribution is -2.19. The first-order valence-electron chi connectivity index (χ1n) is 14.3. The fraction of sp³-hybridized carbons (Fsp3) is 0.667. The fourth-order valence-electron chi connectivity index (χ4n) is 4.66. The molecule has 0 saturated carbocycles. The van der Waals surface area contributed by atoms with Crippen molar-refractivity contribution in [2.75, 3.05) is 6.61 Å². The summed E-state index contributed by atoms with van der Waals surface area (Å²) in [6.07, 6.45) is 18.4. The monoisotopic (exact) mass is 534 g/mol. The molecule has 1 rings (SSSR count). The van der Waals surface area contributed by atoms with Crippen LogP contribution in [0.4, 0.5) is 0 Å². The quantitative estimate of drug-likeness (QED) is 0.101. The van der Waals surface area contributed by atoms with Crippen LogP contribution in [-0.4, -0.2) is 45.8 Å². The topological polar surface area (TPSA) is 138 Å². The minimum atomic E-state index is -1.59. The predicted molar refractivity (Wildman–Crippen MR) is 146 cm³/mol. The Morgan fingerprint density at radius 3 is 1.32 bits per heavy atom. The molecule has 0 bridgehead atoms. The molecule has 0 heterocycles. The van der Waals surface area contributed by atoms with Gasteiger partial charge >= 0.3 is 23.9 Å². The van der Waals surface area contributed by atoms with E-state index in [-0.39, 0.29) is 12.5 Å². The summed E-state index contributed by atoms with van der Waals surface area (Å²) < 4.78 is 5.49. The van der Waals surface area contributed by atoms with Crippen LogP contribution in [0.25, 0.3) is 0 Å². The van der Waals surface area contributed by atoms with Gasteiger partial charge in [-0.05, 0) is 30.9 Å². The minimum absolute atomic E-state index is 0.117. The van der Waals surface area contributed by atoms with Crippen molar-refractivity contribution in [2.24, 2.45) is 5.92 Å². The van der Waals surface area contributed by atoms with Crippen molar-refractivity contribution in [2.45, 2.75) is 117 Å². The molecule has 214 valence electrons. The molecule has 0 aliphatic heterocycles. The molecule has 1 atom stereocenters. The summed E-state index contributed by atoms with van der Waals surface area (Å²) in [7, 11) is 0. The van der Waals surface area contributed by atoms with Gasteiger partial charge in [-0.2, -0.15) is 0 Å². The summed E-state index contributed by atoms with van der Waals surface area (Å²) in [4.78, 5) is 47.5. The lowest BCUT2D eigenvalue weighted by atomic mass is 9.94. The van der Waals surface area contributed by atoms with Crippen molar-refractivity contribution in [1.82, 2.24) is 0 Å². The van der Waals surface area contributed by atoms with Gasteiger partial charge in [0.05, 0.1) is 28.9 Å². The van der Waals surface area contributed by atoms with Gasteiger partial charge in [0.15, 0.2) is 0 Å². The van der Waals surface area contributed by atoms with Gasteiger partial charge in [0.25, 0.3) is 0 Å². The van der Waals surface area contributed by atoms with Gasteiger partial charge in [-0.15, -0.1) is 0 Å². The van der Waals surface area contributed by atoms with Gasteiger partial charge in [-0.3, -0.25) is 0 Å². The third-order valence-corrected chi connectivity index (χ3v) is 6.95. The van der Waals surface area contributed by atoms with Crippen LogP contribution in [0.1, 0.15) is 158 Å². The highest BCUT2D eigenvalue weighted by Crippen LogP contribution is 2.23. The van der Waals surface area contributed by atoms with E-state index in [0.717, 1.165) is 44.6 Å². The third-order valence-electron chi connectivity index (χ3n) is 6.95. The SMILES string of the molecule is CCCCCCCCCCC(CCCCCCCC)COC(=O)c1cc(C(=O)O)c(C(=O)O)cc1C(=O)O. The Morgan fingerprint density at radius 2 is 0.921 bits per heavy atom. The number of hydrogen-bond acceptors (Lipinski definition) is 5. The van der Waals surface area contributed by atoms with Gasteiger partial charge in [-0.25, -0.2) is 19.2 Å². The van der Waals surface area contributed by atoms with E-state index in [1.54, 1.807) is 0 Å². The van der Waals surface area contributed by atoms with Crippen LogP contribution in [0.5, 0.6) is 0 Å². The molecular weight excluding hydrogens is 488 g/mol. The largest absolute Gasteiger partial charge is 0.478 e. The maximum atomic E-state index is 12.9. The summed E-state index contributed by atoms with van der Waals surface area (Å²) in [5.74, 6) is -5.50. The summed E-state index contributed by atoms with van der Waals surface area (Å²) in [5.41, 5.74) is -2.39. The van der Waals surface area contributed by atoms with Crippen LogP contribution in [0, 0.1) is 5.92 Å². The van der Waals surface area contributed by atoms with Gasteiger partial charge in [-0.1, -0.05) is 104 Å². The molecule has 1 unspecified atom stereocenters. The Labute approximate surface area is 226 Å². The number of aromatic carboxylic acids is 3. The van der Waals surface area contributed by atoms with Crippen molar-refractivity contribution in [3.8, 4) is 0 Å². The third kappa shape index (κ3) is 12.6. The Balaban J connectivity index is 2.82. The van der Waals surface area contributed by atoms with E-state index in [0.29, 0.717) is 6.07 Å². The number of carbonyl (C=O) groups excluding carboxylic acids is 1. The zero-order valence-corrected chi connectivity index (χ0v) is 23.1. The highest BCUT2D eigenvalue weighted by Gasteiger charge is 2.26. The van der Waals surface area contributed by atoms with Gasteiger partial charge in [0.2, 0.25) is 0 Å². The van der Waals surface area contributed by atoms with Gasteiger partial charge < -0.3 is 20.1 Å². The Kier molecular flexibility index (Phi) is 16.7. The van der Waals surface area contributed by atoms with E-state index in [9.17, 15) is 34.5 Å². The predicted octanol–water partition coefficient (Wildman–Crippen LogP) is 7.84. The van der Waals surface area contributed by atoms with Gasteiger partial charge in [0.1, 0.15) is 0 Å². The van der Waals surface area contributed by atoms with Crippen molar-refractivity contribution in [1.29, 1.82) is 0 Å². The van der Waals surface area contributed by atoms with Crippen LogP contribution in [0.2, 0.25) is 0 Å². The fourth-order valence-corrected chi connectivity index (χ4v) is 4.66. The highest BCUT2D eigenvalue weighted by molar-refractivity contribution is 6.09. The highest BCUT2D eigenvalue weighted by atomic mass is 16.5. The van der Waals surface area contributed by atoms with Crippen LogP contribution >= 0.6 is 0 Å². The van der Waals surface area contributed by atoms with Crippen molar-refractivity contribution in [3.63, 3.8) is 0 Å². The lowest BCUT2D eigenvalue weighted by molar-refractivity contribution is 0.0414. The average molecular weight is 535 g/mol. The van der Waals surface area contributed by atoms with Crippen molar-refractivity contribution >= 4 is 23.9 Å². The Hall–Kier alpha value is -2.90. The van der Waals surface area contributed by atoms with Gasteiger partial charge in [0, 0.05) is 0 Å². The first kappa shape index (κ1) is 33.1. The smallest absolute Gasteiger partial charge is 0.339 e. The summed E-state index contributed by atoms with van der Waals surface area (Å²) in [6.45, 7) is 4.50. The molecule has 0 fully saturated rings. The number of ether oxygens (including phenoxy) is 1. The molecule has 0 aromatic heterocycles. The minimum Gasteiger partial charge on any atom is -0.478 e. The number of esters is 1. The second-order valence-corrected chi connectivity index (χ2v) is 10.1. The molecule has 3 N–H and O–H groups in total. The van der Waals surface area contributed by atoms with E-state index in [1.807, 2.05) is 0 Å². The lowest BCUT2D eigenvalue weighted by Gasteiger charge is -2.18. The average Bonchev–Trinajstić information content (AvgIpc) is 2.88. The first-order chi connectivity index (χ1) is 18.2. The number of hydrogen-bond donors (Lipinski definition) is 3. The molecule has 0 radical (unpaired) electrons. The van der Waals surface area contributed by atoms with Crippen molar-refractivity contribution < 1.29 is 39.2 Å². The molecule has 8 nitrogen and oxygen atoms in total. The van der Waals surface area contributed by atoms with Crippen molar-refractivity contribution in [3.05, 3.63) is 34.4 Å². The Morgan fingerprint density at radius 1 is 0.579 bits per heavy atom. The van der Waals surface area contributed by atoms with E-state index < -0.39 is 46.1 Å². The number of carboxylic acids is 3. The number of carbonyl (C=O) groups is 4. The van der Waals surface area contributed by atoms with Crippen LogP contribution in [0.15, 0.2) is 12.1 Å². The molecule has 1 aromatic rings. The molecule has 0 amide bonds. The molecule has 0 aliphatic carbocycles. The number of rotatable bonds is 22. The summed E-state index contributed by atoms with van der Waals surface area (Å²) in [6, 6.07) is 1.50. The molecule has 8 heteroatoms. The van der Waals surface area contributed by atoms with Crippen LogP contribution in [0.3, 0.4) is 0 Å². The standard InChI is InChI=1S/C30H46O8/c1-3-5-7-9-11-12-14-16-18-22(17-15-13-10-8-6-4-2)21-38-30(37)26-20-24(28(33)34)23(27(31)32)19-25(26)29(35)36/h19-20,22H,3-18,21H2,1-2H3,(H,31,32)(H,33,34)(H,35,36). The molecular formula is C30H46O8. The molecule has 1 aromatic carbocycles. The number of unbranched alkanes of at least 4 members (excludes halogenated alkanes) is 12. The summed E-state index contributed by atoms with van der Waals surface area (Å²) in [5, 5.41) is 28.2. The molecule has 0 saturated heterocycles. The molecule has 0 spiro atoms. The van der Waals surface area contributed by atoms with E-state index in [1.165, 1.54) is 64.2 Å².